The summed E-state index contributed by atoms with van der Waals surface area (Å²) in [5, 5.41) is 11.1. The molecule has 0 saturated heterocycles. The Kier molecular flexibility index (Phi) is 6.43. The summed E-state index contributed by atoms with van der Waals surface area (Å²) in [5.74, 6) is 0.696. The zero-order valence-corrected chi connectivity index (χ0v) is 18.0. The van der Waals surface area contributed by atoms with Crippen LogP contribution >= 0.6 is 23.4 Å². The predicted octanol–water partition coefficient (Wildman–Crippen LogP) is 3.87. The van der Waals surface area contributed by atoms with Gasteiger partial charge < -0.3 is 10.5 Å². The van der Waals surface area contributed by atoms with Crippen LogP contribution in [0.2, 0.25) is 5.02 Å². The van der Waals surface area contributed by atoms with E-state index >= 15 is 0 Å². The van der Waals surface area contributed by atoms with Gasteiger partial charge in [-0.15, -0.1) is 10.2 Å². The molecule has 0 aliphatic heterocycles. The lowest BCUT2D eigenvalue weighted by atomic mass is 10.1. The van der Waals surface area contributed by atoms with Gasteiger partial charge in [-0.05, 0) is 30.5 Å². The van der Waals surface area contributed by atoms with Crippen LogP contribution in [0.25, 0.3) is 0 Å². The fraction of sp³-hybridized carbons (Fsp3) is 0.238. The number of hydrogen-bond acceptors (Lipinski definition) is 6. The van der Waals surface area contributed by atoms with Crippen LogP contribution in [0.4, 0.5) is 4.79 Å². The molecule has 0 spiro atoms. The lowest BCUT2D eigenvalue weighted by Crippen LogP contribution is -2.37. The molecule has 1 aromatic heterocycles. The first-order chi connectivity index (χ1) is 15.0. The van der Waals surface area contributed by atoms with E-state index in [4.69, 9.17) is 22.1 Å². The third-order valence-electron chi connectivity index (χ3n) is 4.65. The van der Waals surface area contributed by atoms with Gasteiger partial charge in [-0.1, -0.05) is 65.8 Å². The van der Waals surface area contributed by atoms with E-state index in [1.165, 1.54) is 11.8 Å². The molecule has 1 saturated carbocycles. The number of aromatic nitrogens is 3. The Balaban J connectivity index is 1.58. The van der Waals surface area contributed by atoms with Crippen molar-refractivity contribution in [3.63, 3.8) is 0 Å². The molecule has 1 aliphatic rings. The van der Waals surface area contributed by atoms with Crippen molar-refractivity contribution in [3.8, 4) is 5.75 Å². The zero-order chi connectivity index (χ0) is 21.8. The summed E-state index contributed by atoms with van der Waals surface area (Å²) in [5.41, 5.74) is 5.89. The highest BCUT2D eigenvalue weighted by Crippen LogP contribution is 2.42. The van der Waals surface area contributed by atoms with Gasteiger partial charge >= 0.3 is 6.03 Å². The van der Waals surface area contributed by atoms with Gasteiger partial charge in [-0.25, -0.2) is 4.79 Å². The second kappa shape index (κ2) is 9.40. The van der Waals surface area contributed by atoms with E-state index < -0.39 is 17.2 Å². The quantitative estimate of drug-likeness (QED) is 0.496. The summed E-state index contributed by atoms with van der Waals surface area (Å²) >= 11 is 7.39. The largest absolute Gasteiger partial charge is 0.484 e. The van der Waals surface area contributed by atoms with Crippen molar-refractivity contribution in [3.05, 3.63) is 71.0 Å². The van der Waals surface area contributed by atoms with E-state index in [9.17, 15) is 9.59 Å². The molecular weight excluding hydrogens is 438 g/mol. The van der Waals surface area contributed by atoms with Crippen LogP contribution in [0.1, 0.15) is 35.5 Å². The second-order valence-electron chi connectivity index (χ2n) is 6.98. The number of ether oxygens (including phenoxy) is 1. The normalized spacial score (nSPS) is 14.1. The van der Waals surface area contributed by atoms with Crippen molar-refractivity contribution in [2.45, 2.75) is 35.9 Å². The summed E-state index contributed by atoms with van der Waals surface area (Å²) in [4.78, 5) is 23.9. The average Bonchev–Trinajstić information content (AvgIpc) is 3.52. The Morgan fingerprint density at radius 1 is 1.16 bits per heavy atom. The first-order valence-corrected chi connectivity index (χ1v) is 10.9. The number of urea groups is 1. The number of nitrogens with zero attached hydrogens (tertiary/aromatic N) is 3. The van der Waals surface area contributed by atoms with E-state index in [-0.39, 0.29) is 12.6 Å². The molecule has 0 bridgehead atoms. The van der Waals surface area contributed by atoms with Gasteiger partial charge in [0, 0.05) is 6.04 Å². The summed E-state index contributed by atoms with van der Waals surface area (Å²) in [7, 11) is 0. The Hall–Kier alpha value is -3.04. The number of amides is 3. The minimum absolute atomic E-state index is 0.192. The van der Waals surface area contributed by atoms with Gasteiger partial charge in [0.25, 0.3) is 0 Å². The number of halogens is 1. The van der Waals surface area contributed by atoms with Crippen LogP contribution in [0.5, 0.6) is 5.75 Å². The molecule has 1 fully saturated rings. The Bertz CT molecular complexity index is 1090. The number of para-hydroxylation sites is 1. The van der Waals surface area contributed by atoms with Gasteiger partial charge in [0.1, 0.15) is 17.6 Å². The molecule has 8 nitrogen and oxygen atoms in total. The molecule has 3 N–H and O–H groups in total. The zero-order valence-electron chi connectivity index (χ0n) is 16.4. The average molecular weight is 458 g/mol. The molecule has 0 unspecified atom stereocenters. The Morgan fingerprint density at radius 2 is 1.87 bits per heavy atom. The monoisotopic (exact) mass is 457 g/mol. The molecule has 3 aromatic rings. The second-order valence-corrected chi connectivity index (χ2v) is 8.46. The Labute approximate surface area is 188 Å². The smallest absolute Gasteiger partial charge is 0.318 e. The first kappa shape index (κ1) is 21.2. The van der Waals surface area contributed by atoms with E-state index in [1.807, 2.05) is 47.0 Å². The summed E-state index contributed by atoms with van der Waals surface area (Å²) in [6.07, 6.45) is 1.99. The number of benzene rings is 2. The van der Waals surface area contributed by atoms with Crippen LogP contribution in [-0.4, -0.2) is 26.7 Å². The highest BCUT2D eigenvalue weighted by Gasteiger charge is 2.33. The third kappa shape index (κ3) is 5.18. The van der Waals surface area contributed by atoms with Crippen molar-refractivity contribution >= 4 is 35.3 Å². The van der Waals surface area contributed by atoms with Crippen LogP contribution in [0.3, 0.4) is 0 Å². The predicted molar refractivity (Wildman–Crippen MR) is 117 cm³/mol. The minimum Gasteiger partial charge on any atom is -0.484 e. The SMILES string of the molecule is NC(=O)NC(=O)[C@@H](Sc1nnc(COc2ccccc2Cl)n1C1CC1)c1ccccc1. The van der Waals surface area contributed by atoms with Crippen molar-refractivity contribution < 1.29 is 14.3 Å². The maximum absolute atomic E-state index is 12.7. The van der Waals surface area contributed by atoms with E-state index in [2.05, 4.69) is 15.5 Å². The number of carbonyl (C=O) groups is 2. The summed E-state index contributed by atoms with van der Waals surface area (Å²) in [6, 6.07) is 15.7. The van der Waals surface area contributed by atoms with Crippen LogP contribution < -0.4 is 15.8 Å². The number of nitrogens with one attached hydrogen (secondary N) is 1. The fourth-order valence-electron chi connectivity index (χ4n) is 3.08. The fourth-order valence-corrected chi connectivity index (χ4v) is 4.40. The molecule has 0 radical (unpaired) electrons. The number of thioether (sulfide) groups is 1. The van der Waals surface area contributed by atoms with Gasteiger partial charge in [0.2, 0.25) is 5.91 Å². The maximum Gasteiger partial charge on any atom is 0.318 e. The number of imide groups is 1. The molecule has 4 rings (SSSR count). The molecule has 3 amide bonds. The summed E-state index contributed by atoms with van der Waals surface area (Å²) < 4.78 is 7.83. The van der Waals surface area contributed by atoms with Crippen LogP contribution in [-0.2, 0) is 11.4 Å². The molecule has 160 valence electrons. The first-order valence-electron chi connectivity index (χ1n) is 9.66. The lowest BCUT2D eigenvalue weighted by molar-refractivity contribution is -0.119. The van der Waals surface area contributed by atoms with Crippen molar-refractivity contribution in [2.24, 2.45) is 5.73 Å². The molecule has 31 heavy (non-hydrogen) atoms. The number of nitrogens with two attached hydrogens (primary N) is 1. The van der Waals surface area contributed by atoms with Gasteiger partial charge in [0.15, 0.2) is 11.0 Å². The standard InChI is InChI=1S/C21H20ClN5O3S/c22-15-8-4-5-9-16(15)30-12-17-25-26-21(27(17)14-10-11-14)31-18(19(28)24-20(23)29)13-6-2-1-3-7-13/h1-9,14,18H,10-12H2,(H3,23,24,28,29)/t18-/m0/s1. The number of primary amides is 1. The van der Waals surface area contributed by atoms with E-state index in [0.29, 0.717) is 21.8 Å². The van der Waals surface area contributed by atoms with E-state index in [0.717, 1.165) is 18.4 Å². The van der Waals surface area contributed by atoms with Crippen molar-refractivity contribution in [1.82, 2.24) is 20.1 Å². The summed E-state index contributed by atoms with van der Waals surface area (Å²) in [6.45, 7) is 0.192. The molecule has 10 heteroatoms. The van der Waals surface area contributed by atoms with Gasteiger partial charge in [0.05, 0.1) is 5.02 Å². The van der Waals surface area contributed by atoms with Crippen molar-refractivity contribution in [1.29, 1.82) is 0 Å². The van der Waals surface area contributed by atoms with E-state index in [1.54, 1.807) is 12.1 Å². The topological polar surface area (TPSA) is 112 Å². The van der Waals surface area contributed by atoms with Gasteiger partial charge in [-0.3, -0.25) is 14.7 Å². The highest BCUT2D eigenvalue weighted by molar-refractivity contribution is 8.00. The maximum atomic E-state index is 12.7. The molecule has 1 atom stereocenters. The molecule has 1 heterocycles. The third-order valence-corrected chi connectivity index (χ3v) is 6.17. The number of carbonyl (C=O) groups excluding carboxylic acids is 2. The Morgan fingerprint density at radius 3 is 2.55 bits per heavy atom. The minimum atomic E-state index is -0.899. The molecular formula is C21H20ClN5O3S. The molecule has 1 aliphatic carbocycles. The van der Waals surface area contributed by atoms with Crippen LogP contribution in [0, 0.1) is 0 Å². The molecule has 2 aromatic carbocycles. The van der Waals surface area contributed by atoms with Crippen LogP contribution in [0.15, 0.2) is 59.8 Å². The number of rotatable bonds is 8. The number of hydrogen-bond donors (Lipinski definition) is 2. The van der Waals surface area contributed by atoms with Crippen molar-refractivity contribution in [2.75, 3.05) is 0 Å². The van der Waals surface area contributed by atoms with Gasteiger partial charge in [-0.2, -0.15) is 0 Å². The highest BCUT2D eigenvalue weighted by atomic mass is 35.5. The lowest BCUT2D eigenvalue weighted by Gasteiger charge is -2.16.